The Morgan fingerprint density at radius 1 is 1.32 bits per heavy atom. The third-order valence-electron chi connectivity index (χ3n) is 2.76. The number of hydrogen-bond donors (Lipinski definition) is 2. The van der Waals surface area contributed by atoms with Gasteiger partial charge in [0, 0.05) is 11.8 Å². The zero-order valence-electron chi connectivity index (χ0n) is 10.9. The van der Waals surface area contributed by atoms with Crippen molar-refractivity contribution in [3.63, 3.8) is 0 Å². The molecular formula is C14H18N4O. The summed E-state index contributed by atoms with van der Waals surface area (Å²) in [5.74, 6) is 6.49. The molecule has 2 rings (SSSR count). The Morgan fingerprint density at radius 3 is 2.84 bits per heavy atom. The molecule has 0 saturated carbocycles. The van der Waals surface area contributed by atoms with Crippen LogP contribution in [0.15, 0.2) is 42.9 Å². The number of nitrogens with two attached hydrogens (primary N) is 1. The average Bonchev–Trinajstić information content (AvgIpc) is 2.48. The second-order valence-electron chi connectivity index (χ2n) is 4.12. The maximum atomic E-state index is 5.75. The molecule has 1 heterocycles. The first kappa shape index (κ1) is 13.5. The van der Waals surface area contributed by atoms with Gasteiger partial charge in [0.1, 0.15) is 12.1 Å². The third kappa shape index (κ3) is 3.27. The molecule has 0 bridgehead atoms. The predicted molar refractivity (Wildman–Crippen MR) is 73.4 cm³/mol. The normalized spacial score (nSPS) is 12.1. The molecule has 0 radical (unpaired) electrons. The standard InChI is InChI=1S/C14H18N4O/c1-2-9-19-13-6-4-3-5-11(13)14(18-15)12-7-8-16-10-17-12/h3-8,10,14,18H,2,9,15H2,1H3. The van der Waals surface area contributed by atoms with Gasteiger partial charge in [-0.25, -0.2) is 15.4 Å². The van der Waals surface area contributed by atoms with Gasteiger partial charge in [0.2, 0.25) is 0 Å². The molecule has 3 N–H and O–H groups in total. The van der Waals surface area contributed by atoms with Crippen LogP contribution in [0.3, 0.4) is 0 Å². The van der Waals surface area contributed by atoms with Gasteiger partial charge in [-0.2, -0.15) is 0 Å². The van der Waals surface area contributed by atoms with E-state index in [1.165, 1.54) is 6.33 Å². The number of nitrogens with one attached hydrogen (secondary N) is 1. The van der Waals surface area contributed by atoms with Crippen LogP contribution in [-0.4, -0.2) is 16.6 Å². The molecule has 100 valence electrons. The fourth-order valence-electron chi connectivity index (χ4n) is 1.87. The van der Waals surface area contributed by atoms with Gasteiger partial charge in [-0.15, -0.1) is 0 Å². The molecule has 2 aromatic rings. The van der Waals surface area contributed by atoms with E-state index in [0.29, 0.717) is 6.61 Å². The molecule has 0 aliphatic heterocycles. The van der Waals surface area contributed by atoms with Gasteiger partial charge in [-0.1, -0.05) is 25.1 Å². The number of benzene rings is 1. The SMILES string of the molecule is CCCOc1ccccc1C(NN)c1ccncn1. The number of hydrazine groups is 1. The first-order valence-corrected chi connectivity index (χ1v) is 6.30. The lowest BCUT2D eigenvalue weighted by Gasteiger charge is -2.19. The summed E-state index contributed by atoms with van der Waals surface area (Å²) in [6.07, 6.45) is 4.17. The van der Waals surface area contributed by atoms with Crippen LogP contribution in [-0.2, 0) is 0 Å². The van der Waals surface area contributed by atoms with E-state index in [9.17, 15) is 0 Å². The topological polar surface area (TPSA) is 73.1 Å². The fraction of sp³-hybridized carbons (Fsp3) is 0.286. The fourth-order valence-corrected chi connectivity index (χ4v) is 1.87. The Bertz CT molecular complexity index is 504. The molecule has 0 fully saturated rings. The highest BCUT2D eigenvalue weighted by Gasteiger charge is 2.17. The van der Waals surface area contributed by atoms with Crippen LogP contribution < -0.4 is 16.0 Å². The molecule has 19 heavy (non-hydrogen) atoms. The van der Waals surface area contributed by atoms with E-state index in [4.69, 9.17) is 10.6 Å². The number of nitrogens with zero attached hydrogens (tertiary/aromatic N) is 2. The van der Waals surface area contributed by atoms with Crippen molar-refractivity contribution in [3.8, 4) is 5.75 Å². The number of aromatic nitrogens is 2. The van der Waals surface area contributed by atoms with Gasteiger partial charge in [-0.3, -0.25) is 5.84 Å². The first-order chi connectivity index (χ1) is 9.36. The second kappa shape index (κ2) is 6.82. The number of rotatable bonds is 6. The quantitative estimate of drug-likeness (QED) is 0.610. The second-order valence-corrected chi connectivity index (χ2v) is 4.12. The van der Waals surface area contributed by atoms with Crippen molar-refractivity contribution in [2.45, 2.75) is 19.4 Å². The van der Waals surface area contributed by atoms with E-state index in [2.05, 4.69) is 22.3 Å². The Morgan fingerprint density at radius 2 is 2.16 bits per heavy atom. The minimum Gasteiger partial charge on any atom is -0.493 e. The van der Waals surface area contributed by atoms with Crippen molar-refractivity contribution in [3.05, 3.63) is 54.1 Å². The van der Waals surface area contributed by atoms with Crippen molar-refractivity contribution < 1.29 is 4.74 Å². The van der Waals surface area contributed by atoms with E-state index in [1.54, 1.807) is 6.20 Å². The Balaban J connectivity index is 2.33. The van der Waals surface area contributed by atoms with Gasteiger partial charge in [0.05, 0.1) is 18.3 Å². The van der Waals surface area contributed by atoms with Crippen LogP contribution >= 0.6 is 0 Å². The molecular weight excluding hydrogens is 240 g/mol. The zero-order valence-corrected chi connectivity index (χ0v) is 10.9. The molecule has 5 heteroatoms. The summed E-state index contributed by atoms with van der Waals surface area (Å²) in [6, 6.07) is 9.45. The van der Waals surface area contributed by atoms with Gasteiger partial charge in [-0.05, 0) is 18.6 Å². The van der Waals surface area contributed by atoms with E-state index in [0.717, 1.165) is 23.4 Å². The van der Waals surface area contributed by atoms with Crippen LogP contribution in [0, 0.1) is 0 Å². The molecule has 0 spiro atoms. The monoisotopic (exact) mass is 258 g/mol. The Kier molecular flexibility index (Phi) is 4.83. The number of ether oxygens (including phenoxy) is 1. The van der Waals surface area contributed by atoms with Crippen LogP contribution in [0.5, 0.6) is 5.75 Å². The smallest absolute Gasteiger partial charge is 0.124 e. The molecule has 5 nitrogen and oxygen atoms in total. The summed E-state index contributed by atoms with van der Waals surface area (Å²) in [5.41, 5.74) is 4.56. The van der Waals surface area contributed by atoms with E-state index >= 15 is 0 Å². The zero-order chi connectivity index (χ0) is 13.5. The lowest BCUT2D eigenvalue weighted by molar-refractivity contribution is 0.311. The third-order valence-corrected chi connectivity index (χ3v) is 2.76. The highest BCUT2D eigenvalue weighted by atomic mass is 16.5. The van der Waals surface area contributed by atoms with Gasteiger partial charge >= 0.3 is 0 Å². The van der Waals surface area contributed by atoms with Crippen molar-refractivity contribution >= 4 is 0 Å². The minimum absolute atomic E-state index is 0.212. The van der Waals surface area contributed by atoms with Crippen LogP contribution in [0.4, 0.5) is 0 Å². The van der Waals surface area contributed by atoms with Crippen LogP contribution in [0.25, 0.3) is 0 Å². The summed E-state index contributed by atoms with van der Waals surface area (Å²) in [6.45, 7) is 2.75. The highest BCUT2D eigenvalue weighted by Crippen LogP contribution is 2.28. The summed E-state index contributed by atoms with van der Waals surface area (Å²) < 4.78 is 5.75. The van der Waals surface area contributed by atoms with Gasteiger partial charge in [0.15, 0.2) is 0 Å². The molecule has 0 amide bonds. The summed E-state index contributed by atoms with van der Waals surface area (Å²) in [4.78, 5) is 8.16. The van der Waals surface area contributed by atoms with E-state index in [1.807, 2.05) is 30.3 Å². The predicted octanol–water partition coefficient (Wildman–Crippen LogP) is 1.82. The van der Waals surface area contributed by atoms with Crippen LogP contribution in [0.1, 0.15) is 30.6 Å². The summed E-state index contributed by atoms with van der Waals surface area (Å²) in [5, 5.41) is 0. The highest BCUT2D eigenvalue weighted by molar-refractivity contribution is 5.39. The Labute approximate surface area is 112 Å². The molecule has 1 unspecified atom stereocenters. The molecule has 0 aliphatic rings. The summed E-state index contributed by atoms with van der Waals surface area (Å²) in [7, 11) is 0. The minimum atomic E-state index is -0.212. The first-order valence-electron chi connectivity index (χ1n) is 6.30. The molecule has 1 aromatic carbocycles. The van der Waals surface area contributed by atoms with E-state index < -0.39 is 0 Å². The van der Waals surface area contributed by atoms with Crippen LogP contribution in [0.2, 0.25) is 0 Å². The molecule has 1 atom stereocenters. The largest absolute Gasteiger partial charge is 0.493 e. The van der Waals surface area contributed by atoms with Gasteiger partial charge < -0.3 is 4.74 Å². The van der Waals surface area contributed by atoms with Gasteiger partial charge in [0.25, 0.3) is 0 Å². The number of hydrogen-bond acceptors (Lipinski definition) is 5. The molecule has 0 saturated heterocycles. The maximum absolute atomic E-state index is 5.75. The Hall–Kier alpha value is -1.98. The average molecular weight is 258 g/mol. The molecule has 1 aromatic heterocycles. The lowest BCUT2D eigenvalue weighted by atomic mass is 10.0. The van der Waals surface area contributed by atoms with Crippen molar-refractivity contribution in [2.75, 3.05) is 6.61 Å². The van der Waals surface area contributed by atoms with Crippen molar-refractivity contribution in [1.29, 1.82) is 0 Å². The number of para-hydroxylation sites is 1. The summed E-state index contributed by atoms with van der Waals surface area (Å²) >= 11 is 0. The van der Waals surface area contributed by atoms with Crippen molar-refractivity contribution in [1.82, 2.24) is 15.4 Å². The lowest BCUT2D eigenvalue weighted by Crippen LogP contribution is -2.30. The van der Waals surface area contributed by atoms with Crippen molar-refractivity contribution in [2.24, 2.45) is 5.84 Å². The maximum Gasteiger partial charge on any atom is 0.124 e. The molecule has 0 aliphatic carbocycles. The van der Waals surface area contributed by atoms with E-state index in [-0.39, 0.29) is 6.04 Å².